The predicted octanol–water partition coefficient (Wildman–Crippen LogP) is 4.28. The number of nitrogen functional groups attached to an aromatic ring is 1. The van der Waals surface area contributed by atoms with E-state index in [2.05, 4.69) is 26.2 Å². The summed E-state index contributed by atoms with van der Waals surface area (Å²) in [6, 6.07) is 9.43. The zero-order valence-corrected chi connectivity index (χ0v) is 15.6. The van der Waals surface area contributed by atoms with Crippen molar-refractivity contribution in [2.24, 2.45) is 0 Å². The number of carbonyl (C=O) groups is 1. The number of carbonyl (C=O) groups excluding carboxylic acids is 1. The van der Waals surface area contributed by atoms with E-state index in [1.54, 1.807) is 6.07 Å². The van der Waals surface area contributed by atoms with Gasteiger partial charge < -0.3 is 15.8 Å². The van der Waals surface area contributed by atoms with Crippen molar-refractivity contribution in [1.29, 1.82) is 0 Å². The number of rotatable bonds is 4. The lowest BCUT2D eigenvalue weighted by Gasteiger charge is -2.11. The Morgan fingerprint density at radius 2 is 2.17 bits per heavy atom. The smallest absolute Gasteiger partial charge is 0.262 e. The van der Waals surface area contributed by atoms with E-state index in [0.717, 1.165) is 31.6 Å². The Bertz CT molecular complexity index is 924. The van der Waals surface area contributed by atoms with Gasteiger partial charge in [0.1, 0.15) is 5.75 Å². The average molecular weight is 406 g/mol. The molecular weight excluding hydrogens is 390 g/mol. The molecule has 0 aliphatic rings. The first kappa shape index (κ1) is 16.7. The Hall–Kier alpha value is -2.12. The van der Waals surface area contributed by atoms with Crippen LogP contribution in [0.2, 0.25) is 0 Å². The summed E-state index contributed by atoms with van der Waals surface area (Å²) in [5, 5.41) is 3.33. The van der Waals surface area contributed by atoms with Crippen molar-refractivity contribution in [2.75, 3.05) is 17.7 Å². The minimum absolute atomic E-state index is 0.0508. The second-order valence-electron chi connectivity index (χ2n) is 5.39. The highest BCUT2D eigenvalue weighted by molar-refractivity contribution is 9.10. The number of thiazole rings is 1. The molecule has 0 aliphatic carbocycles. The van der Waals surface area contributed by atoms with Crippen LogP contribution in [0.3, 0.4) is 0 Å². The zero-order chi connectivity index (χ0) is 17.3. The molecule has 0 spiro atoms. The summed E-state index contributed by atoms with van der Waals surface area (Å²) in [5.41, 5.74) is 9.36. The Morgan fingerprint density at radius 1 is 1.38 bits per heavy atom. The first-order valence-electron chi connectivity index (χ1n) is 7.28. The molecule has 3 aromatic rings. The summed E-state index contributed by atoms with van der Waals surface area (Å²) in [5.74, 6) is 0.497. The van der Waals surface area contributed by atoms with E-state index in [1.807, 2.05) is 38.1 Å². The molecule has 0 fully saturated rings. The van der Waals surface area contributed by atoms with E-state index in [0.29, 0.717) is 10.8 Å². The van der Waals surface area contributed by atoms with Gasteiger partial charge >= 0.3 is 0 Å². The highest BCUT2D eigenvalue weighted by atomic mass is 79.9. The minimum atomic E-state index is -0.223. The van der Waals surface area contributed by atoms with Crippen LogP contribution in [0, 0.1) is 13.8 Å². The molecule has 7 heteroatoms. The largest absolute Gasteiger partial charge is 0.483 e. The molecule has 0 saturated carbocycles. The summed E-state index contributed by atoms with van der Waals surface area (Å²) in [6.07, 6.45) is 0. The number of amides is 1. The maximum atomic E-state index is 12.1. The number of nitrogens with zero attached hydrogens (tertiary/aromatic N) is 1. The van der Waals surface area contributed by atoms with Gasteiger partial charge in [-0.3, -0.25) is 4.79 Å². The van der Waals surface area contributed by atoms with Crippen LogP contribution in [0.4, 0.5) is 10.8 Å². The number of aromatic nitrogens is 1. The molecule has 0 saturated heterocycles. The third-order valence-corrected chi connectivity index (χ3v) is 5.10. The number of nitrogens with two attached hydrogens (primary N) is 1. The first-order chi connectivity index (χ1) is 11.4. The number of anilines is 2. The zero-order valence-electron chi connectivity index (χ0n) is 13.2. The lowest BCUT2D eigenvalue weighted by atomic mass is 10.1. The normalized spacial score (nSPS) is 10.8. The Balaban J connectivity index is 1.69. The summed E-state index contributed by atoms with van der Waals surface area (Å²) < 4.78 is 7.32. The van der Waals surface area contributed by atoms with Crippen LogP contribution in [0.5, 0.6) is 5.75 Å². The molecule has 3 N–H and O–H groups in total. The van der Waals surface area contributed by atoms with E-state index < -0.39 is 0 Å². The van der Waals surface area contributed by atoms with Gasteiger partial charge in [-0.05, 0) is 59.1 Å². The molecule has 24 heavy (non-hydrogen) atoms. The van der Waals surface area contributed by atoms with E-state index in [9.17, 15) is 4.79 Å². The van der Waals surface area contributed by atoms with E-state index >= 15 is 0 Å². The fraction of sp³-hybridized carbons (Fsp3) is 0.176. The molecule has 3 rings (SSSR count). The predicted molar refractivity (Wildman–Crippen MR) is 102 cm³/mol. The first-order valence-corrected chi connectivity index (χ1v) is 8.89. The minimum Gasteiger partial charge on any atom is -0.483 e. The number of aryl methyl sites for hydroxylation is 1. The summed E-state index contributed by atoms with van der Waals surface area (Å²) in [7, 11) is 0. The lowest BCUT2D eigenvalue weighted by Crippen LogP contribution is -2.20. The highest BCUT2D eigenvalue weighted by Gasteiger charge is 2.11. The molecule has 2 aromatic carbocycles. The van der Waals surface area contributed by atoms with Crippen molar-refractivity contribution in [3.05, 3.63) is 45.9 Å². The molecule has 0 bridgehead atoms. The van der Waals surface area contributed by atoms with Gasteiger partial charge in [0.15, 0.2) is 11.7 Å². The summed E-state index contributed by atoms with van der Waals surface area (Å²) in [4.78, 5) is 16.4. The van der Waals surface area contributed by atoms with Crippen LogP contribution in [0.1, 0.15) is 11.1 Å². The monoisotopic (exact) mass is 405 g/mol. The van der Waals surface area contributed by atoms with Crippen molar-refractivity contribution >= 4 is 54.2 Å². The Labute approximate surface area is 152 Å². The maximum absolute atomic E-state index is 12.1. The van der Waals surface area contributed by atoms with Crippen LogP contribution < -0.4 is 15.8 Å². The van der Waals surface area contributed by atoms with E-state index in [-0.39, 0.29) is 12.5 Å². The van der Waals surface area contributed by atoms with Crippen molar-refractivity contribution in [1.82, 2.24) is 4.98 Å². The van der Waals surface area contributed by atoms with Crippen LogP contribution in [0.25, 0.3) is 10.2 Å². The number of hydrogen-bond acceptors (Lipinski definition) is 5. The Morgan fingerprint density at radius 3 is 2.96 bits per heavy atom. The summed E-state index contributed by atoms with van der Waals surface area (Å²) in [6.45, 7) is 3.93. The van der Waals surface area contributed by atoms with Gasteiger partial charge in [-0.15, -0.1) is 0 Å². The highest BCUT2D eigenvalue weighted by Crippen LogP contribution is 2.32. The van der Waals surface area contributed by atoms with Crippen LogP contribution >= 0.6 is 27.3 Å². The quantitative estimate of drug-likeness (QED) is 0.678. The van der Waals surface area contributed by atoms with Crippen LogP contribution in [-0.2, 0) is 4.79 Å². The average Bonchev–Trinajstić information content (AvgIpc) is 2.90. The lowest BCUT2D eigenvalue weighted by molar-refractivity contribution is -0.118. The Kier molecular flexibility index (Phi) is 4.73. The fourth-order valence-corrected chi connectivity index (χ4v) is 3.78. The van der Waals surface area contributed by atoms with Crippen molar-refractivity contribution < 1.29 is 9.53 Å². The molecular formula is C17H16BrN3O2S. The van der Waals surface area contributed by atoms with Gasteiger partial charge in [0, 0.05) is 10.2 Å². The molecule has 0 radical (unpaired) electrons. The number of fused-ring (bicyclic) bond motifs is 1. The molecule has 1 amide bonds. The van der Waals surface area contributed by atoms with Gasteiger partial charge in [-0.1, -0.05) is 23.5 Å². The SMILES string of the molecule is Cc1cccc(OCC(=O)Nc2cc(Br)c3nc(N)sc3c2)c1C. The molecule has 0 aliphatic heterocycles. The molecule has 1 aromatic heterocycles. The third kappa shape index (κ3) is 3.52. The second kappa shape index (κ2) is 6.78. The van der Waals surface area contributed by atoms with Gasteiger partial charge in [-0.2, -0.15) is 0 Å². The van der Waals surface area contributed by atoms with Gasteiger partial charge in [0.25, 0.3) is 5.91 Å². The van der Waals surface area contributed by atoms with Gasteiger partial charge in [-0.25, -0.2) is 4.98 Å². The van der Waals surface area contributed by atoms with Crippen LogP contribution in [0.15, 0.2) is 34.8 Å². The number of benzene rings is 2. The van der Waals surface area contributed by atoms with Crippen molar-refractivity contribution in [2.45, 2.75) is 13.8 Å². The van der Waals surface area contributed by atoms with Gasteiger partial charge in [0.2, 0.25) is 0 Å². The topological polar surface area (TPSA) is 77.2 Å². The maximum Gasteiger partial charge on any atom is 0.262 e. The third-order valence-electron chi connectivity index (χ3n) is 3.66. The van der Waals surface area contributed by atoms with E-state index in [4.69, 9.17) is 10.5 Å². The number of halogens is 1. The van der Waals surface area contributed by atoms with Crippen LogP contribution in [-0.4, -0.2) is 17.5 Å². The molecule has 0 unspecified atom stereocenters. The molecule has 1 heterocycles. The number of ether oxygens (including phenoxy) is 1. The van der Waals surface area contributed by atoms with E-state index in [1.165, 1.54) is 11.3 Å². The number of nitrogens with one attached hydrogen (secondary N) is 1. The molecule has 124 valence electrons. The van der Waals surface area contributed by atoms with Crippen molar-refractivity contribution in [3.8, 4) is 5.75 Å². The van der Waals surface area contributed by atoms with Crippen molar-refractivity contribution in [3.63, 3.8) is 0 Å². The summed E-state index contributed by atoms with van der Waals surface area (Å²) >= 11 is 4.83. The fourth-order valence-electron chi connectivity index (χ4n) is 2.30. The molecule has 0 atom stereocenters. The number of hydrogen-bond donors (Lipinski definition) is 2. The second-order valence-corrected chi connectivity index (χ2v) is 7.31. The molecule has 5 nitrogen and oxygen atoms in total. The van der Waals surface area contributed by atoms with Gasteiger partial charge in [0.05, 0.1) is 10.2 Å². The standard InChI is InChI=1S/C17H16BrN3O2S/c1-9-4-3-5-13(10(9)2)23-8-15(22)20-11-6-12(18)16-14(7-11)24-17(19)21-16/h3-7H,8H2,1-2H3,(H2,19,21)(H,20,22).